The van der Waals surface area contributed by atoms with Gasteiger partial charge >= 0.3 is 0 Å². The second kappa shape index (κ2) is 4.90. The predicted molar refractivity (Wildman–Crippen MR) is 76.3 cm³/mol. The fourth-order valence-corrected chi connectivity index (χ4v) is 2.80. The van der Waals surface area contributed by atoms with Crippen molar-refractivity contribution in [1.29, 1.82) is 0 Å². The van der Waals surface area contributed by atoms with Crippen LogP contribution in [0, 0.1) is 6.92 Å². The van der Waals surface area contributed by atoms with Gasteiger partial charge in [0.15, 0.2) is 0 Å². The quantitative estimate of drug-likeness (QED) is 0.793. The molecule has 0 atom stereocenters. The van der Waals surface area contributed by atoms with E-state index in [-0.39, 0.29) is 0 Å². The Morgan fingerprint density at radius 1 is 0.944 bits per heavy atom. The Labute approximate surface area is 109 Å². The van der Waals surface area contributed by atoms with Crippen LogP contribution in [0.15, 0.2) is 36.7 Å². The molecule has 0 unspecified atom stereocenters. The first-order chi connectivity index (χ1) is 8.47. The largest absolute Gasteiger partial charge is 0.437 e. The molecule has 0 aliphatic carbocycles. The Hall–Kier alpha value is -1.68. The van der Waals surface area contributed by atoms with E-state index in [0.717, 1.165) is 11.4 Å². The summed E-state index contributed by atoms with van der Waals surface area (Å²) in [6, 6.07) is 8.30. The Bertz CT molecular complexity index is 532. The van der Waals surface area contributed by atoms with Crippen molar-refractivity contribution in [2.24, 2.45) is 0 Å². The first-order valence-electron chi connectivity index (χ1n) is 6.03. The summed E-state index contributed by atoms with van der Waals surface area (Å²) in [6.45, 7) is 8.87. The summed E-state index contributed by atoms with van der Waals surface area (Å²) in [5.74, 6) is 1.37. The van der Waals surface area contributed by atoms with Crippen LogP contribution in [0.2, 0.25) is 19.6 Å². The minimum atomic E-state index is -1.24. The first-order valence-corrected chi connectivity index (χ1v) is 9.53. The molecule has 0 aliphatic rings. The summed E-state index contributed by atoms with van der Waals surface area (Å²) in [5, 5.41) is 1.42. The van der Waals surface area contributed by atoms with Gasteiger partial charge < -0.3 is 4.74 Å². The Morgan fingerprint density at radius 2 is 1.56 bits per heavy atom. The molecule has 0 fully saturated rings. The number of ether oxygens (including phenoxy) is 1. The lowest BCUT2D eigenvalue weighted by atomic mass is 10.3. The summed E-state index contributed by atoms with van der Waals surface area (Å²) in [5.41, 5.74) is 0.798. The van der Waals surface area contributed by atoms with Gasteiger partial charge in [-0.2, -0.15) is 0 Å². The van der Waals surface area contributed by atoms with Crippen molar-refractivity contribution in [2.75, 3.05) is 0 Å². The van der Waals surface area contributed by atoms with Crippen LogP contribution >= 0.6 is 0 Å². The highest BCUT2D eigenvalue weighted by Gasteiger charge is 2.15. The van der Waals surface area contributed by atoms with Gasteiger partial charge in [0.05, 0.1) is 13.8 Å². The molecule has 18 heavy (non-hydrogen) atoms. The molecule has 0 saturated heterocycles. The topological polar surface area (TPSA) is 35.0 Å². The zero-order valence-electron chi connectivity index (χ0n) is 11.3. The van der Waals surface area contributed by atoms with Gasteiger partial charge in [-0.1, -0.05) is 37.0 Å². The van der Waals surface area contributed by atoms with Crippen molar-refractivity contribution < 1.29 is 4.74 Å². The maximum atomic E-state index is 5.72. The minimum absolute atomic E-state index is 0.568. The van der Waals surface area contributed by atoms with E-state index in [4.69, 9.17) is 4.74 Å². The van der Waals surface area contributed by atoms with Crippen molar-refractivity contribution in [3.63, 3.8) is 0 Å². The molecule has 0 amide bonds. The van der Waals surface area contributed by atoms with Crippen molar-refractivity contribution in [3.05, 3.63) is 42.4 Å². The Balaban J connectivity index is 2.19. The molecular formula is C14H18N2OSi. The second-order valence-corrected chi connectivity index (χ2v) is 10.4. The maximum Gasteiger partial charge on any atom is 0.240 e. The molecule has 2 rings (SSSR count). The standard InChI is InChI=1S/C14H18N2OSi/c1-11-14(16-10-9-15-11)17-12-5-7-13(8-6-12)18(2,3)4/h5-10H,1-4H3. The summed E-state index contributed by atoms with van der Waals surface area (Å²) >= 11 is 0. The monoisotopic (exact) mass is 258 g/mol. The summed E-state index contributed by atoms with van der Waals surface area (Å²) in [7, 11) is -1.24. The van der Waals surface area contributed by atoms with Gasteiger partial charge in [-0.05, 0) is 19.1 Å². The summed E-state index contributed by atoms with van der Waals surface area (Å²) in [6.07, 6.45) is 3.30. The van der Waals surface area contributed by atoms with E-state index in [1.165, 1.54) is 5.19 Å². The Kier molecular flexibility index (Phi) is 3.47. The van der Waals surface area contributed by atoms with Crippen LogP contribution in [0.3, 0.4) is 0 Å². The molecule has 4 heteroatoms. The molecule has 0 aliphatic heterocycles. The number of rotatable bonds is 3. The number of hydrogen-bond donors (Lipinski definition) is 0. The number of nitrogens with zero attached hydrogens (tertiary/aromatic N) is 2. The highest BCUT2D eigenvalue weighted by Crippen LogP contribution is 2.20. The molecular weight excluding hydrogens is 240 g/mol. The Morgan fingerprint density at radius 3 is 2.11 bits per heavy atom. The van der Waals surface area contributed by atoms with Crippen LogP contribution in [-0.2, 0) is 0 Å². The number of benzene rings is 1. The van der Waals surface area contributed by atoms with Gasteiger partial charge in [0.1, 0.15) is 5.75 Å². The van der Waals surface area contributed by atoms with Crippen LogP contribution in [0.1, 0.15) is 5.69 Å². The van der Waals surface area contributed by atoms with Crippen molar-refractivity contribution >= 4 is 13.3 Å². The van der Waals surface area contributed by atoms with Crippen LogP contribution < -0.4 is 9.92 Å². The zero-order chi connectivity index (χ0) is 13.2. The molecule has 94 valence electrons. The normalized spacial score (nSPS) is 11.3. The summed E-state index contributed by atoms with van der Waals surface area (Å²) < 4.78 is 5.72. The maximum absolute atomic E-state index is 5.72. The third kappa shape index (κ3) is 2.95. The highest BCUT2D eigenvalue weighted by atomic mass is 28.3. The smallest absolute Gasteiger partial charge is 0.240 e. The van der Waals surface area contributed by atoms with Crippen LogP contribution in [-0.4, -0.2) is 18.0 Å². The van der Waals surface area contributed by atoms with E-state index in [1.807, 2.05) is 19.1 Å². The van der Waals surface area contributed by atoms with Gasteiger partial charge in [-0.15, -0.1) is 0 Å². The predicted octanol–water partition coefficient (Wildman–Crippen LogP) is 3.12. The molecule has 1 heterocycles. The third-order valence-corrected chi connectivity index (χ3v) is 4.84. The number of aromatic nitrogens is 2. The number of aryl methyl sites for hydroxylation is 1. The van der Waals surface area contributed by atoms with E-state index in [2.05, 4.69) is 41.7 Å². The van der Waals surface area contributed by atoms with Crippen molar-refractivity contribution in [3.8, 4) is 11.6 Å². The van der Waals surface area contributed by atoms with E-state index in [9.17, 15) is 0 Å². The molecule has 3 nitrogen and oxygen atoms in total. The third-order valence-electron chi connectivity index (χ3n) is 2.77. The van der Waals surface area contributed by atoms with Crippen LogP contribution in [0.5, 0.6) is 11.6 Å². The van der Waals surface area contributed by atoms with Crippen LogP contribution in [0.4, 0.5) is 0 Å². The molecule has 0 saturated carbocycles. The fraction of sp³-hybridized carbons (Fsp3) is 0.286. The van der Waals surface area contributed by atoms with Crippen molar-refractivity contribution in [1.82, 2.24) is 9.97 Å². The highest BCUT2D eigenvalue weighted by molar-refractivity contribution is 6.88. The summed E-state index contributed by atoms with van der Waals surface area (Å²) in [4.78, 5) is 8.32. The van der Waals surface area contributed by atoms with E-state index >= 15 is 0 Å². The minimum Gasteiger partial charge on any atom is -0.437 e. The van der Waals surface area contributed by atoms with Gasteiger partial charge in [-0.3, -0.25) is 4.98 Å². The van der Waals surface area contributed by atoms with E-state index in [0.29, 0.717) is 5.88 Å². The molecule has 0 N–H and O–H groups in total. The fourth-order valence-electron chi connectivity index (χ4n) is 1.63. The average Bonchev–Trinajstić information content (AvgIpc) is 2.32. The average molecular weight is 258 g/mol. The van der Waals surface area contributed by atoms with Gasteiger partial charge in [0.25, 0.3) is 0 Å². The lowest BCUT2D eigenvalue weighted by Gasteiger charge is -2.16. The van der Waals surface area contributed by atoms with Crippen LogP contribution in [0.25, 0.3) is 0 Å². The molecule has 1 aromatic heterocycles. The molecule has 1 aromatic carbocycles. The SMILES string of the molecule is Cc1nccnc1Oc1ccc([Si](C)(C)C)cc1. The zero-order valence-corrected chi connectivity index (χ0v) is 12.3. The lowest BCUT2D eigenvalue weighted by molar-refractivity contribution is 0.455. The lowest BCUT2D eigenvalue weighted by Crippen LogP contribution is -2.37. The first kappa shape index (κ1) is 12.8. The van der Waals surface area contributed by atoms with Crippen molar-refractivity contribution in [2.45, 2.75) is 26.6 Å². The van der Waals surface area contributed by atoms with E-state index in [1.54, 1.807) is 12.4 Å². The van der Waals surface area contributed by atoms with Gasteiger partial charge in [0.2, 0.25) is 5.88 Å². The molecule has 0 radical (unpaired) electrons. The van der Waals surface area contributed by atoms with E-state index < -0.39 is 8.07 Å². The number of hydrogen-bond acceptors (Lipinski definition) is 3. The molecule has 2 aromatic rings. The second-order valence-electron chi connectivity index (χ2n) is 5.32. The molecule has 0 bridgehead atoms. The van der Waals surface area contributed by atoms with Gasteiger partial charge in [0, 0.05) is 12.4 Å². The molecule has 0 spiro atoms. The van der Waals surface area contributed by atoms with Gasteiger partial charge in [-0.25, -0.2) is 4.98 Å².